The van der Waals surface area contributed by atoms with E-state index in [1.165, 1.54) is 10.9 Å². The third-order valence-electron chi connectivity index (χ3n) is 4.03. The van der Waals surface area contributed by atoms with Gasteiger partial charge in [-0.2, -0.15) is 0 Å². The van der Waals surface area contributed by atoms with Crippen LogP contribution in [0.3, 0.4) is 0 Å². The molecule has 0 spiro atoms. The molecule has 0 saturated heterocycles. The fourth-order valence-electron chi connectivity index (χ4n) is 3.23. The van der Waals surface area contributed by atoms with Crippen molar-refractivity contribution in [3.05, 3.63) is 35.5 Å². The Hall–Kier alpha value is -1.85. The zero-order chi connectivity index (χ0) is 14.8. The number of aliphatic hydroxyl groups is 1. The van der Waals surface area contributed by atoms with Crippen LogP contribution < -0.4 is 5.73 Å². The topological polar surface area (TPSA) is 77.5 Å². The van der Waals surface area contributed by atoms with Crippen LogP contribution in [0.4, 0.5) is 0 Å². The SMILES string of the molecule is NC(=O)Cn1c2c(c3ccccc31)CCOC2CCCO. The maximum absolute atomic E-state index is 11.4. The summed E-state index contributed by atoms with van der Waals surface area (Å²) in [6.45, 7) is 0.980. The normalized spacial score (nSPS) is 17.9. The van der Waals surface area contributed by atoms with E-state index in [9.17, 15) is 4.79 Å². The summed E-state index contributed by atoms with van der Waals surface area (Å²) < 4.78 is 7.85. The van der Waals surface area contributed by atoms with Crippen molar-refractivity contribution in [2.45, 2.75) is 31.9 Å². The number of hydrogen-bond donors (Lipinski definition) is 2. The van der Waals surface area contributed by atoms with E-state index in [1.807, 2.05) is 22.8 Å². The first-order chi connectivity index (χ1) is 10.2. The van der Waals surface area contributed by atoms with Crippen LogP contribution in [-0.2, 0) is 22.5 Å². The van der Waals surface area contributed by atoms with Crippen molar-refractivity contribution >= 4 is 16.8 Å². The highest BCUT2D eigenvalue weighted by molar-refractivity contribution is 5.87. The number of primary amides is 1. The van der Waals surface area contributed by atoms with E-state index in [1.54, 1.807) is 0 Å². The number of para-hydroxylation sites is 1. The van der Waals surface area contributed by atoms with E-state index in [2.05, 4.69) is 6.07 Å². The van der Waals surface area contributed by atoms with Gasteiger partial charge in [0, 0.05) is 17.5 Å². The van der Waals surface area contributed by atoms with E-state index in [4.69, 9.17) is 15.6 Å². The molecule has 5 heteroatoms. The summed E-state index contributed by atoms with van der Waals surface area (Å²) in [4.78, 5) is 11.4. The smallest absolute Gasteiger partial charge is 0.237 e. The molecule has 1 aromatic heterocycles. The first kappa shape index (κ1) is 14.1. The number of ether oxygens (including phenoxy) is 1. The average molecular weight is 288 g/mol. The van der Waals surface area contributed by atoms with Gasteiger partial charge < -0.3 is 20.1 Å². The monoisotopic (exact) mass is 288 g/mol. The molecule has 0 aliphatic carbocycles. The number of nitrogens with zero attached hydrogens (tertiary/aromatic N) is 1. The molecule has 2 aromatic rings. The minimum Gasteiger partial charge on any atom is -0.396 e. The maximum Gasteiger partial charge on any atom is 0.237 e. The molecule has 0 saturated carbocycles. The van der Waals surface area contributed by atoms with Gasteiger partial charge in [0.25, 0.3) is 0 Å². The molecule has 1 aromatic carbocycles. The Bertz CT molecular complexity index is 663. The summed E-state index contributed by atoms with van der Waals surface area (Å²) in [5.74, 6) is -0.356. The van der Waals surface area contributed by atoms with Crippen molar-refractivity contribution in [1.82, 2.24) is 4.57 Å². The number of hydrogen-bond acceptors (Lipinski definition) is 3. The lowest BCUT2D eigenvalue weighted by Gasteiger charge is -2.26. The molecule has 3 N–H and O–H groups in total. The van der Waals surface area contributed by atoms with Gasteiger partial charge in [0.05, 0.1) is 18.4 Å². The lowest BCUT2D eigenvalue weighted by atomic mass is 10.00. The molecule has 3 rings (SSSR count). The fourth-order valence-corrected chi connectivity index (χ4v) is 3.23. The number of amides is 1. The van der Waals surface area contributed by atoms with Crippen LogP contribution in [0, 0.1) is 0 Å². The molecular formula is C16H20N2O3. The van der Waals surface area contributed by atoms with Gasteiger partial charge in [-0.3, -0.25) is 4.79 Å². The van der Waals surface area contributed by atoms with Crippen LogP contribution in [0.25, 0.3) is 10.9 Å². The summed E-state index contributed by atoms with van der Waals surface area (Å²) in [5, 5.41) is 10.2. The summed E-state index contributed by atoms with van der Waals surface area (Å²) in [7, 11) is 0. The Labute approximate surface area is 123 Å². The van der Waals surface area contributed by atoms with Crippen LogP contribution >= 0.6 is 0 Å². The molecule has 21 heavy (non-hydrogen) atoms. The lowest BCUT2D eigenvalue weighted by Crippen LogP contribution is -2.24. The highest BCUT2D eigenvalue weighted by Crippen LogP contribution is 2.37. The number of benzene rings is 1. The maximum atomic E-state index is 11.4. The van der Waals surface area contributed by atoms with E-state index in [0.717, 1.165) is 24.1 Å². The number of nitrogens with two attached hydrogens (primary N) is 1. The first-order valence-electron chi connectivity index (χ1n) is 7.33. The highest BCUT2D eigenvalue weighted by atomic mass is 16.5. The average Bonchev–Trinajstić information content (AvgIpc) is 2.80. The second-order valence-corrected chi connectivity index (χ2v) is 5.41. The predicted octanol–water partition coefficient (Wildman–Crippen LogP) is 1.51. The third-order valence-corrected chi connectivity index (χ3v) is 4.03. The molecule has 0 bridgehead atoms. The molecule has 1 aliphatic heterocycles. The second-order valence-electron chi connectivity index (χ2n) is 5.41. The molecular weight excluding hydrogens is 268 g/mol. The van der Waals surface area contributed by atoms with Crippen LogP contribution in [0.5, 0.6) is 0 Å². The summed E-state index contributed by atoms with van der Waals surface area (Å²) in [6.07, 6.45) is 2.20. The lowest BCUT2D eigenvalue weighted by molar-refractivity contribution is -0.118. The van der Waals surface area contributed by atoms with E-state index in [0.29, 0.717) is 13.0 Å². The van der Waals surface area contributed by atoms with Gasteiger partial charge in [0.1, 0.15) is 6.54 Å². The predicted molar refractivity (Wildman–Crippen MR) is 79.8 cm³/mol. The summed E-state index contributed by atoms with van der Waals surface area (Å²) in [5.41, 5.74) is 8.74. The Morgan fingerprint density at radius 3 is 3.00 bits per heavy atom. The molecule has 1 amide bonds. The largest absolute Gasteiger partial charge is 0.396 e. The van der Waals surface area contributed by atoms with Crippen LogP contribution in [-0.4, -0.2) is 28.8 Å². The van der Waals surface area contributed by atoms with Crippen molar-refractivity contribution < 1.29 is 14.6 Å². The summed E-state index contributed by atoms with van der Waals surface area (Å²) in [6, 6.07) is 8.07. The molecule has 112 valence electrons. The van der Waals surface area contributed by atoms with Crippen molar-refractivity contribution in [3.8, 4) is 0 Å². The Morgan fingerprint density at radius 1 is 1.43 bits per heavy atom. The summed E-state index contributed by atoms with van der Waals surface area (Å²) >= 11 is 0. The fraction of sp³-hybridized carbons (Fsp3) is 0.438. The van der Waals surface area contributed by atoms with Crippen molar-refractivity contribution in [2.75, 3.05) is 13.2 Å². The van der Waals surface area contributed by atoms with Gasteiger partial charge in [-0.05, 0) is 30.9 Å². The van der Waals surface area contributed by atoms with Gasteiger partial charge in [-0.25, -0.2) is 0 Å². The van der Waals surface area contributed by atoms with E-state index in [-0.39, 0.29) is 25.2 Å². The zero-order valence-corrected chi connectivity index (χ0v) is 11.9. The highest BCUT2D eigenvalue weighted by Gasteiger charge is 2.28. The van der Waals surface area contributed by atoms with Gasteiger partial charge in [0.2, 0.25) is 5.91 Å². The van der Waals surface area contributed by atoms with Crippen molar-refractivity contribution in [3.63, 3.8) is 0 Å². The number of aliphatic hydroxyl groups excluding tert-OH is 1. The molecule has 5 nitrogen and oxygen atoms in total. The van der Waals surface area contributed by atoms with Gasteiger partial charge in [-0.1, -0.05) is 18.2 Å². The standard InChI is InChI=1S/C16H20N2O3/c17-15(20)10-18-13-5-2-1-4-11(13)12-7-9-21-14(16(12)18)6-3-8-19/h1-2,4-5,14,19H,3,6-10H2,(H2,17,20). The Morgan fingerprint density at radius 2 is 2.24 bits per heavy atom. The second kappa shape index (κ2) is 5.87. The number of rotatable bonds is 5. The number of carbonyl (C=O) groups excluding carboxylic acids is 1. The third kappa shape index (κ3) is 2.54. The van der Waals surface area contributed by atoms with Crippen LogP contribution in [0.1, 0.15) is 30.2 Å². The molecule has 1 unspecified atom stereocenters. The van der Waals surface area contributed by atoms with Crippen LogP contribution in [0.15, 0.2) is 24.3 Å². The van der Waals surface area contributed by atoms with Gasteiger partial charge in [-0.15, -0.1) is 0 Å². The zero-order valence-electron chi connectivity index (χ0n) is 11.9. The first-order valence-corrected chi connectivity index (χ1v) is 7.33. The molecule has 1 atom stereocenters. The van der Waals surface area contributed by atoms with Gasteiger partial charge in [0.15, 0.2) is 0 Å². The molecule has 2 heterocycles. The van der Waals surface area contributed by atoms with Crippen molar-refractivity contribution in [2.24, 2.45) is 5.73 Å². The molecule has 1 aliphatic rings. The van der Waals surface area contributed by atoms with Gasteiger partial charge >= 0.3 is 0 Å². The number of fused-ring (bicyclic) bond motifs is 3. The molecule has 0 radical (unpaired) electrons. The van der Waals surface area contributed by atoms with Crippen LogP contribution in [0.2, 0.25) is 0 Å². The minimum atomic E-state index is -0.356. The van der Waals surface area contributed by atoms with E-state index < -0.39 is 0 Å². The van der Waals surface area contributed by atoms with E-state index >= 15 is 0 Å². The molecule has 0 fully saturated rings. The number of carbonyl (C=O) groups is 1. The quantitative estimate of drug-likeness (QED) is 0.875. The number of aromatic nitrogens is 1. The Balaban J connectivity index is 2.14. The van der Waals surface area contributed by atoms with Crippen molar-refractivity contribution in [1.29, 1.82) is 0 Å². The minimum absolute atomic E-state index is 0.0763. The Kier molecular flexibility index (Phi) is 3.94.